The van der Waals surface area contributed by atoms with Crippen LogP contribution in [0.25, 0.3) is 0 Å². The predicted octanol–water partition coefficient (Wildman–Crippen LogP) is 3.39. The second kappa shape index (κ2) is 6.99. The minimum absolute atomic E-state index is 0.0325. The third-order valence-corrected chi connectivity index (χ3v) is 5.30. The molecule has 1 aliphatic heterocycles. The first-order valence-electron chi connectivity index (χ1n) is 8.05. The van der Waals surface area contributed by atoms with Gasteiger partial charge in [-0.15, -0.1) is 11.3 Å². The van der Waals surface area contributed by atoms with E-state index in [2.05, 4.69) is 5.32 Å². The van der Waals surface area contributed by atoms with Gasteiger partial charge in [0.05, 0.1) is 33.8 Å². The van der Waals surface area contributed by atoms with Crippen molar-refractivity contribution >= 4 is 33.4 Å². The van der Waals surface area contributed by atoms with Crippen molar-refractivity contribution < 1.29 is 14.6 Å². The van der Waals surface area contributed by atoms with E-state index >= 15 is 0 Å². The van der Waals surface area contributed by atoms with Crippen molar-refractivity contribution in [2.24, 2.45) is 0 Å². The first-order valence-corrected chi connectivity index (χ1v) is 8.87. The molecule has 1 aromatic heterocycles. The van der Waals surface area contributed by atoms with Gasteiger partial charge in [-0.05, 0) is 13.8 Å². The molecule has 1 aromatic carbocycles. The van der Waals surface area contributed by atoms with Crippen LogP contribution in [-0.2, 0) is 17.8 Å². The average molecular weight is 402 g/mol. The van der Waals surface area contributed by atoms with Gasteiger partial charge in [0.1, 0.15) is 16.6 Å². The first-order chi connectivity index (χ1) is 13.1. The molecule has 0 saturated heterocycles. The number of non-ortho nitro benzene ring substituents is 2. The molecule has 144 valence electrons. The number of benzene rings is 1. The molecule has 0 bridgehead atoms. The third-order valence-electron chi connectivity index (χ3n) is 4.18. The Bertz CT molecular complexity index is 1070. The number of nitriles is 1. The third kappa shape index (κ3) is 3.68. The quantitative estimate of drug-likeness (QED) is 0.604. The van der Waals surface area contributed by atoms with Crippen LogP contribution < -0.4 is 10.7 Å². The Morgan fingerprint density at radius 3 is 2.36 bits per heavy atom. The van der Waals surface area contributed by atoms with Crippen LogP contribution in [0.4, 0.5) is 22.1 Å². The van der Waals surface area contributed by atoms with E-state index in [1.165, 1.54) is 0 Å². The summed E-state index contributed by atoms with van der Waals surface area (Å²) in [5.74, 6) is 0. The minimum Gasteiger partial charge on any atom is -0.370 e. The van der Waals surface area contributed by atoms with E-state index in [1.54, 1.807) is 0 Å². The number of fused-ring (bicyclic) bond motifs is 1. The second-order valence-corrected chi connectivity index (χ2v) is 7.86. The summed E-state index contributed by atoms with van der Waals surface area (Å²) < 4.78 is 5.71. The molecule has 0 amide bonds. The molecular weight excluding hydrogens is 388 g/mol. The number of nitro groups is 2. The molecule has 0 radical (unpaired) electrons. The van der Waals surface area contributed by atoms with Gasteiger partial charge in [-0.1, -0.05) is 0 Å². The Hall–Kier alpha value is -3.36. The van der Waals surface area contributed by atoms with Gasteiger partial charge in [-0.25, -0.2) is 0 Å². The van der Waals surface area contributed by atoms with Gasteiger partial charge in [-0.2, -0.15) is 5.26 Å². The molecule has 3 rings (SSSR count). The van der Waals surface area contributed by atoms with Crippen LogP contribution in [0.15, 0.2) is 23.0 Å². The minimum atomic E-state index is -0.755. The largest absolute Gasteiger partial charge is 0.370 e. The van der Waals surface area contributed by atoms with Gasteiger partial charge in [-0.3, -0.25) is 25.0 Å². The molecule has 0 saturated carbocycles. The fourth-order valence-electron chi connectivity index (χ4n) is 2.85. The topological polar surface area (TPSA) is 148 Å². The standard InChI is InChI=1S/C17H14N4O6S/c1-17(2)6-12-14(8-27-17)28-16(13(7-18)15(12)22)19-9-3-10(20(23)24)5-11(4-9)21(25)26/h3-5,19H,6,8H2,1-2H3. The van der Waals surface area contributed by atoms with Crippen LogP contribution in [0.1, 0.15) is 29.9 Å². The number of nitro benzene ring substituents is 2. The Kier molecular flexibility index (Phi) is 4.84. The fourth-order valence-corrected chi connectivity index (χ4v) is 3.91. The summed E-state index contributed by atoms with van der Waals surface area (Å²) in [5, 5.41) is 34.5. The van der Waals surface area contributed by atoms with Crippen LogP contribution in [0, 0.1) is 31.6 Å². The van der Waals surface area contributed by atoms with Crippen molar-refractivity contribution in [2.45, 2.75) is 32.5 Å². The Morgan fingerprint density at radius 2 is 1.82 bits per heavy atom. The number of hydrogen-bond donors (Lipinski definition) is 1. The predicted molar refractivity (Wildman–Crippen MR) is 101 cm³/mol. The van der Waals surface area contributed by atoms with E-state index in [4.69, 9.17) is 4.74 Å². The highest BCUT2D eigenvalue weighted by Gasteiger charge is 2.30. The zero-order valence-corrected chi connectivity index (χ0v) is 15.7. The lowest BCUT2D eigenvalue weighted by Crippen LogP contribution is -2.35. The molecule has 0 fully saturated rings. The summed E-state index contributed by atoms with van der Waals surface area (Å²) >= 11 is 1.12. The van der Waals surface area contributed by atoms with Crippen molar-refractivity contribution in [1.82, 2.24) is 0 Å². The molecule has 10 nitrogen and oxygen atoms in total. The van der Waals surface area contributed by atoms with E-state index in [9.17, 15) is 30.3 Å². The summed E-state index contributed by atoms with van der Waals surface area (Å²) in [6.45, 7) is 3.89. The van der Waals surface area contributed by atoms with Gasteiger partial charge in [0.15, 0.2) is 0 Å². The number of nitrogens with zero attached hydrogens (tertiary/aromatic N) is 3. The smallest absolute Gasteiger partial charge is 0.278 e. The van der Waals surface area contributed by atoms with Gasteiger partial charge in [0.2, 0.25) is 5.43 Å². The average Bonchev–Trinajstić information content (AvgIpc) is 2.62. The van der Waals surface area contributed by atoms with Crippen molar-refractivity contribution in [3.63, 3.8) is 0 Å². The van der Waals surface area contributed by atoms with E-state index in [0.29, 0.717) is 16.9 Å². The van der Waals surface area contributed by atoms with E-state index in [0.717, 1.165) is 29.5 Å². The van der Waals surface area contributed by atoms with Crippen molar-refractivity contribution in [3.8, 4) is 6.07 Å². The van der Waals surface area contributed by atoms with Crippen molar-refractivity contribution in [1.29, 1.82) is 5.26 Å². The maximum absolute atomic E-state index is 12.8. The highest BCUT2D eigenvalue weighted by Crippen LogP contribution is 2.35. The van der Waals surface area contributed by atoms with E-state index in [-0.39, 0.29) is 22.9 Å². The lowest BCUT2D eigenvalue weighted by Gasteiger charge is -2.31. The first kappa shape index (κ1) is 19.4. The van der Waals surface area contributed by atoms with Crippen LogP contribution in [0.3, 0.4) is 0 Å². The summed E-state index contributed by atoms with van der Waals surface area (Å²) in [7, 11) is 0. The highest BCUT2D eigenvalue weighted by molar-refractivity contribution is 7.16. The van der Waals surface area contributed by atoms with Gasteiger partial charge >= 0.3 is 0 Å². The fraction of sp³-hybridized carbons (Fsp3) is 0.294. The normalized spacial score (nSPS) is 14.6. The molecule has 0 unspecified atom stereocenters. The van der Waals surface area contributed by atoms with Crippen LogP contribution in [-0.4, -0.2) is 15.4 Å². The van der Waals surface area contributed by atoms with Gasteiger partial charge < -0.3 is 10.1 Å². The summed E-state index contributed by atoms with van der Waals surface area (Å²) in [5.41, 5.74) is -1.53. The molecule has 1 N–H and O–H groups in total. The number of ether oxygens (including phenoxy) is 1. The summed E-state index contributed by atoms with van der Waals surface area (Å²) in [4.78, 5) is 34.0. The van der Waals surface area contributed by atoms with Crippen LogP contribution in [0.5, 0.6) is 0 Å². The van der Waals surface area contributed by atoms with Crippen molar-refractivity contribution in [2.75, 3.05) is 5.32 Å². The van der Waals surface area contributed by atoms with E-state index < -0.39 is 32.3 Å². The Labute approximate surface area is 162 Å². The molecule has 2 heterocycles. The molecule has 0 spiro atoms. The van der Waals surface area contributed by atoms with Crippen LogP contribution >= 0.6 is 11.3 Å². The zero-order valence-electron chi connectivity index (χ0n) is 14.8. The summed E-state index contributed by atoms with van der Waals surface area (Å²) in [6, 6.07) is 4.90. The SMILES string of the molecule is CC1(C)Cc2c(sc(Nc3cc([N+](=O)[O-])cc([N+](=O)[O-])c3)c(C#N)c2=O)CO1. The molecule has 1 aliphatic rings. The number of rotatable bonds is 4. The maximum atomic E-state index is 12.8. The van der Waals surface area contributed by atoms with Gasteiger partial charge in [0, 0.05) is 29.0 Å². The molecule has 2 aromatic rings. The summed E-state index contributed by atoms with van der Waals surface area (Å²) in [6.07, 6.45) is 0.356. The van der Waals surface area contributed by atoms with Crippen LogP contribution in [0.2, 0.25) is 0 Å². The lowest BCUT2D eigenvalue weighted by atomic mass is 9.95. The molecular formula is C17H14N4O6S. The molecule has 28 heavy (non-hydrogen) atoms. The van der Waals surface area contributed by atoms with E-state index in [1.807, 2.05) is 19.9 Å². The van der Waals surface area contributed by atoms with Crippen molar-refractivity contribution in [3.05, 3.63) is 64.7 Å². The monoisotopic (exact) mass is 402 g/mol. The number of anilines is 2. The second-order valence-electron chi connectivity index (χ2n) is 6.75. The molecule has 0 aliphatic carbocycles. The zero-order chi connectivity index (χ0) is 20.6. The maximum Gasteiger partial charge on any atom is 0.278 e. The van der Waals surface area contributed by atoms with Gasteiger partial charge in [0.25, 0.3) is 11.4 Å². The highest BCUT2D eigenvalue weighted by atomic mass is 32.1. The Balaban J connectivity index is 2.10. The number of hydrogen-bond acceptors (Lipinski definition) is 9. The molecule has 11 heteroatoms. The lowest BCUT2D eigenvalue weighted by molar-refractivity contribution is -0.394. The molecule has 0 atom stereocenters. The Morgan fingerprint density at radius 1 is 1.21 bits per heavy atom. The number of nitrogens with one attached hydrogen (secondary N) is 1.